The maximum atomic E-state index is 12.5. The molecule has 0 spiro atoms. The first kappa shape index (κ1) is 7.71. The van der Waals surface area contributed by atoms with Crippen molar-refractivity contribution < 1.29 is 4.39 Å². The highest BCUT2D eigenvalue weighted by Crippen LogP contribution is 1.98. The molecule has 0 fully saturated rings. The van der Waals surface area contributed by atoms with Crippen LogP contribution in [-0.2, 0) is 0 Å². The van der Waals surface area contributed by atoms with Crippen molar-refractivity contribution in [1.82, 2.24) is 9.55 Å². The van der Waals surface area contributed by atoms with E-state index >= 15 is 0 Å². The van der Waals surface area contributed by atoms with Crippen molar-refractivity contribution in [3.63, 3.8) is 0 Å². The van der Waals surface area contributed by atoms with E-state index < -0.39 is 17.5 Å². The highest BCUT2D eigenvalue weighted by molar-refractivity contribution is 4.82. The monoisotopic (exact) mass is 158 g/mol. The van der Waals surface area contributed by atoms with Crippen LogP contribution in [0.5, 0.6) is 0 Å². The molecule has 0 aromatic carbocycles. The average molecular weight is 158 g/mol. The molecule has 5 heteroatoms. The lowest BCUT2D eigenvalue weighted by atomic mass is 10.6. The SMILES string of the molecule is CC(F)n1ccc(=O)[nH]c1=O. The maximum absolute atomic E-state index is 12.5. The predicted octanol–water partition coefficient (Wildman–Crippen LogP) is 0.0246. The van der Waals surface area contributed by atoms with E-state index in [-0.39, 0.29) is 0 Å². The average Bonchev–Trinajstić information content (AvgIpc) is 1.85. The molecule has 1 rings (SSSR count). The summed E-state index contributed by atoms with van der Waals surface area (Å²) in [6.07, 6.45) is -0.300. The molecule has 1 aromatic rings. The first-order valence-corrected chi connectivity index (χ1v) is 3.07. The van der Waals surface area contributed by atoms with Crippen LogP contribution in [0.25, 0.3) is 0 Å². The number of alkyl halides is 1. The smallest absolute Gasteiger partial charge is 0.274 e. The van der Waals surface area contributed by atoms with Crippen molar-refractivity contribution >= 4 is 0 Å². The van der Waals surface area contributed by atoms with Gasteiger partial charge in [-0.15, -0.1) is 0 Å². The molecule has 0 amide bonds. The number of rotatable bonds is 1. The van der Waals surface area contributed by atoms with E-state index in [0.717, 1.165) is 16.8 Å². The number of hydrogen-bond donors (Lipinski definition) is 1. The normalized spacial score (nSPS) is 12.9. The summed E-state index contributed by atoms with van der Waals surface area (Å²) >= 11 is 0. The van der Waals surface area contributed by atoms with Crippen molar-refractivity contribution in [2.24, 2.45) is 0 Å². The quantitative estimate of drug-likeness (QED) is 0.626. The summed E-state index contributed by atoms with van der Waals surface area (Å²) in [6.45, 7) is 1.21. The van der Waals surface area contributed by atoms with Gasteiger partial charge >= 0.3 is 5.69 Å². The third-order valence-corrected chi connectivity index (χ3v) is 1.23. The van der Waals surface area contributed by atoms with Gasteiger partial charge in [-0.05, 0) is 6.92 Å². The molecule has 0 aliphatic heterocycles. The first-order chi connectivity index (χ1) is 5.11. The van der Waals surface area contributed by atoms with Crippen molar-refractivity contribution in [1.29, 1.82) is 0 Å². The minimum atomic E-state index is -1.42. The van der Waals surface area contributed by atoms with Crippen LogP contribution in [0.1, 0.15) is 13.2 Å². The molecule has 1 aromatic heterocycles. The number of nitrogens with one attached hydrogen (secondary N) is 1. The molecule has 0 saturated carbocycles. The minimum Gasteiger partial charge on any atom is -0.274 e. The van der Waals surface area contributed by atoms with Crippen LogP contribution >= 0.6 is 0 Å². The van der Waals surface area contributed by atoms with Crippen LogP contribution in [0.15, 0.2) is 21.9 Å². The van der Waals surface area contributed by atoms with Gasteiger partial charge in [-0.1, -0.05) is 0 Å². The Labute approximate surface area is 61.3 Å². The minimum absolute atomic E-state index is 0.521. The highest BCUT2D eigenvalue weighted by atomic mass is 19.1. The third-order valence-electron chi connectivity index (χ3n) is 1.23. The summed E-state index contributed by atoms with van der Waals surface area (Å²) in [7, 11) is 0. The van der Waals surface area contributed by atoms with E-state index in [1.165, 1.54) is 6.92 Å². The molecule has 0 bridgehead atoms. The zero-order valence-electron chi connectivity index (χ0n) is 5.87. The second kappa shape index (κ2) is 2.69. The van der Waals surface area contributed by atoms with E-state index in [1.807, 2.05) is 4.98 Å². The van der Waals surface area contributed by atoms with Crippen molar-refractivity contribution in [2.75, 3.05) is 0 Å². The van der Waals surface area contributed by atoms with E-state index in [9.17, 15) is 14.0 Å². The van der Waals surface area contributed by atoms with Gasteiger partial charge in [0.25, 0.3) is 5.56 Å². The Morgan fingerprint density at radius 3 is 2.73 bits per heavy atom. The van der Waals surface area contributed by atoms with E-state index in [2.05, 4.69) is 0 Å². The molecule has 0 saturated heterocycles. The Balaban J connectivity index is 3.32. The summed E-state index contributed by atoms with van der Waals surface area (Å²) < 4.78 is 13.3. The number of H-pyrrole nitrogens is 1. The second-order valence-electron chi connectivity index (χ2n) is 2.09. The molecule has 0 aliphatic rings. The van der Waals surface area contributed by atoms with Crippen LogP contribution in [-0.4, -0.2) is 9.55 Å². The number of hydrogen-bond acceptors (Lipinski definition) is 2. The van der Waals surface area contributed by atoms with Crippen LogP contribution < -0.4 is 11.2 Å². The Kier molecular flexibility index (Phi) is 1.89. The van der Waals surface area contributed by atoms with E-state index in [4.69, 9.17) is 0 Å². The zero-order chi connectivity index (χ0) is 8.43. The van der Waals surface area contributed by atoms with Gasteiger partial charge in [-0.25, -0.2) is 9.18 Å². The molecule has 1 atom stereocenters. The van der Waals surface area contributed by atoms with Crippen LogP contribution in [0.3, 0.4) is 0 Å². The lowest BCUT2D eigenvalue weighted by molar-refractivity contribution is 0.258. The van der Waals surface area contributed by atoms with E-state index in [1.54, 1.807) is 0 Å². The molecule has 11 heavy (non-hydrogen) atoms. The van der Waals surface area contributed by atoms with Gasteiger partial charge in [0.05, 0.1) is 0 Å². The van der Waals surface area contributed by atoms with Gasteiger partial charge in [0.2, 0.25) is 0 Å². The van der Waals surface area contributed by atoms with Gasteiger partial charge in [-0.2, -0.15) is 0 Å². The molecule has 60 valence electrons. The van der Waals surface area contributed by atoms with Gasteiger partial charge in [0, 0.05) is 12.3 Å². The lowest BCUT2D eigenvalue weighted by Gasteiger charge is -2.02. The second-order valence-corrected chi connectivity index (χ2v) is 2.09. The predicted molar refractivity (Wildman–Crippen MR) is 37.1 cm³/mol. The topological polar surface area (TPSA) is 54.9 Å². The van der Waals surface area contributed by atoms with Gasteiger partial charge in [-0.3, -0.25) is 14.3 Å². The molecule has 1 unspecified atom stereocenters. The molecular formula is C6H7FN2O2. The summed E-state index contributed by atoms with van der Waals surface area (Å²) in [6, 6.07) is 1.09. The van der Waals surface area contributed by atoms with Crippen molar-refractivity contribution in [3.8, 4) is 0 Å². The Hall–Kier alpha value is -1.39. The van der Waals surface area contributed by atoms with Crippen LogP contribution in [0.4, 0.5) is 4.39 Å². The molecule has 0 aliphatic carbocycles. The number of halogens is 1. The summed E-state index contributed by atoms with van der Waals surface area (Å²) in [4.78, 5) is 23.2. The molecule has 1 N–H and O–H groups in total. The Bertz CT molecular complexity index is 352. The fraction of sp³-hybridized carbons (Fsp3) is 0.333. The van der Waals surface area contributed by atoms with Crippen LogP contribution in [0, 0.1) is 0 Å². The lowest BCUT2D eigenvalue weighted by Crippen LogP contribution is -2.29. The Morgan fingerprint density at radius 2 is 2.27 bits per heavy atom. The Morgan fingerprint density at radius 1 is 1.64 bits per heavy atom. The molecular weight excluding hydrogens is 151 g/mol. The number of nitrogens with zero attached hydrogens (tertiary/aromatic N) is 1. The first-order valence-electron chi connectivity index (χ1n) is 3.07. The van der Waals surface area contributed by atoms with Gasteiger partial charge in [0.15, 0.2) is 6.30 Å². The molecule has 1 heterocycles. The third kappa shape index (κ3) is 1.54. The maximum Gasteiger partial charge on any atom is 0.330 e. The van der Waals surface area contributed by atoms with Gasteiger partial charge < -0.3 is 0 Å². The highest BCUT2D eigenvalue weighted by Gasteiger charge is 2.01. The summed E-state index contributed by atoms with van der Waals surface area (Å²) in [5.74, 6) is 0. The zero-order valence-corrected chi connectivity index (χ0v) is 5.87. The summed E-state index contributed by atoms with van der Waals surface area (Å²) in [5, 5.41) is 0. The van der Waals surface area contributed by atoms with Crippen molar-refractivity contribution in [3.05, 3.63) is 33.1 Å². The standard InChI is InChI=1S/C6H7FN2O2/c1-4(7)9-3-2-5(10)8-6(9)11/h2-4H,1H3,(H,8,10,11). The van der Waals surface area contributed by atoms with Crippen molar-refractivity contribution in [2.45, 2.75) is 13.2 Å². The fourth-order valence-electron chi connectivity index (χ4n) is 0.707. The van der Waals surface area contributed by atoms with E-state index in [0.29, 0.717) is 0 Å². The fourth-order valence-corrected chi connectivity index (χ4v) is 0.707. The van der Waals surface area contributed by atoms with Gasteiger partial charge in [0.1, 0.15) is 0 Å². The number of aromatic amines is 1. The molecule has 4 nitrogen and oxygen atoms in total. The number of aromatic nitrogens is 2. The largest absolute Gasteiger partial charge is 0.330 e. The molecule has 0 radical (unpaired) electrons. The summed E-state index contributed by atoms with van der Waals surface area (Å²) in [5.41, 5.74) is -1.25. The van der Waals surface area contributed by atoms with Crippen LogP contribution in [0.2, 0.25) is 0 Å².